The maximum Gasteiger partial charge on any atom is 0.246 e. The van der Waals surface area contributed by atoms with Crippen molar-refractivity contribution < 1.29 is 14.3 Å². The van der Waals surface area contributed by atoms with Gasteiger partial charge in [-0.15, -0.1) is 0 Å². The fourth-order valence-corrected chi connectivity index (χ4v) is 3.16. The second-order valence-electron chi connectivity index (χ2n) is 6.60. The topological polar surface area (TPSA) is 59.6 Å². The summed E-state index contributed by atoms with van der Waals surface area (Å²) in [6.45, 7) is 0.919. The number of fused-ring (bicyclic) bond motifs is 1. The molecule has 0 unspecified atom stereocenters. The average molecular weight is 374 g/mol. The van der Waals surface area contributed by atoms with E-state index in [1.807, 2.05) is 84.9 Å². The number of hydrogen-bond donors (Lipinski definition) is 2. The van der Waals surface area contributed by atoms with Crippen LogP contribution < -0.4 is 20.1 Å². The zero-order valence-corrected chi connectivity index (χ0v) is 15.4. The van der Waals surface area contributed by atoms with Crippen molar-refractivity contribution in [2.45, 2.75) is 12.1 Å². The van der Waals surface area contributed by atoms with Crippen LogP contribution in [0.25, 0.3) is 0 Å². The van der Waals surface area contributed by atoms with E-state index in [1.54, 1.807) is 0 Å². The van der Waals surface area contributed by atoms with Crippen LogP contribution in [-0.4, -0.2) is 25.2 Å². The molecule has 0 bridgehead atoms. The molecule has 0 saturated heterocycles. The smallest absolute Gasteiger partial charge is 0.246 e. The highest BCUT2D eigenvalue weighted by molar-refractivity contribution is 5.95. The first-order valence-electron chi connectivity index (χ1n) is 9.32. The Morgan fingerprint density at radius 3 is 2.29 bits per heavy atom. The molecule has 2 N–H and O–H groups in total. The molecule has 5 nitrogen and oxygen atoms in total. The van der Waals surface area contributed by atoms with Crippen molar-refractivity contribution in [2.24, 2.45) is 0 Å². The predicted octanol–water partition coefficient (Wildman–Crippen LogP) is 3.80. The highest BCUT2D eigenvalue weighted by Gasteiger charge is 2.25. The van der Waals surface area contributed by atoms with E-state index in [1.165, 1.54) is 0 Å². The van der Waals surface area contributed by atoms with Gasteiger partial charge in [-0.3, -0.25) is 10.1 Å². The first-order chi connectivity index (χ1) is 13.8. The lowest BCUT2D eigenvalue weighted by molar-refractivity contribution is -0.118. The number of carbonyl (C=O) groups excluding carboxylic acids is 1. The first kappa shape index (κ1) is 18.1. The van der Waals surface area contributed by atoms with Gasteiger partial charge in [-0.25, -0.2) is 0 Å². The Balaban J connectivity index is 1.45. The number of benzene rings is 3. The van der Waals surface area contributed by atoms with Gasteiger partial charge in [0, 0.05) is 12.2 Å². The number of carbonyl (C=O) groups is 1. The summed E-state index contributed by atoms with van der Waals surface area (Å²) in [5, 5.41) is 6.31. The molecule has 1 aliphatic rings. The Morgan fingerprint density at radius 1 is 0.893 bits per heavy atom. The molecular weight excluding hydrogens is 352 g/mol. The highest BCUT2D eigenvalue weighted by Crippen LogP contribution is 2.30. The van der Waals surface area contributed by atoms with Gasteiger partial charge in [-0.1, -0.05) is 60.7 Å². The number of para-hydroxylation sites is 3. The van der Waals surface area contributed by atoms with Crippen molar-refractivity contribution in [3.63, 3.8) is 0 Å². The molecular formula is C23H22N2O3. The Labute approximate surface area is 164 Å². The summed E-state index contributed by atoms with van der Waals surface area (Å²) in [5.41, 5.74) is 1.66. The van der Waals surface area contributed by atoms with Gasteiger partial charge in [-0.05, 0) is 29.8 Å². The maximum absolute atomic E-state index is 12.9. The quantitative estimate of drug-likeness (QED) is 0.689. The van der Waals surface area contributed by atoms with Crippen LogP contribution in [-0.2, 0) is 4.79 Å². The van der Waals surface area contributed by atoms with E-state index in [2.05, 4.69) is 10.6 Å². The van der Waals surface area contributed by atoms with E-state index in [4.69, 9.17) is 9.47 Å². The third-order valence-corrected chi connectivity index (χ3v) is 4.55. The Morgan fingerprint density at radius 2 is 1.54 bits per heavy atom. The molecule has 2 atom stereocenters. The second-order valence-corrected chi connectivity index (χ2v) is 6.60. The van der Waals surface area contributed by atoms with E-state index in [0.717, 1.165) is 22.7 Å². The van der Waals surface area contributed by atoms with Gasteiger partial charge in [0.2, 0.25) is 5.91 Å². The lowest BCUT2D eigenvalue weighted by Gasteiger charge is -2.28. The summed E-state index contributed by atoms with van der Waals surface area (Å²) in [6, 6.07) is 26.2. The van der Waals surface area contributed by atoms with Gasteiger partial charge in [0.25, 0.3) is 0 Å². The molecule has 28 heavy (non-hydrogen) atoms. The molecule has 3 aromatic carbocycles. The Hall–Kier alpha value is -3.31. The second kappa shape index (κ2) is 8.59. The molecule has 0 radical (unpaired) electrons. The summed E-state index contributed by atoms with van der Waals surface area (Å²) < 4.78 is 11.8. The normalized spacial score (nSPS) is 16.2. The predicted molar refractivity (Wildman–Crippen MR) is 109 cm³/mol. The van der Waals surface area contributed by atoms with Gasteiger partial charge in [0.15, 0.2) is 11.5 Å². The molecule has 4 rings (SSSR count). The van der Waals surface area contributed by atoms with Gasteiger partial charge in [0.1, 0.15) is 18.8 Å². The van der Waals surface area contributed by atoms with Crippen LogP contribution in [0.15, 0.2) is 84.9 Å². The molecule has 1 heterocycles. The number of rotatable bonds is 6. The molecule has 0 fully saturated rings. The van der Waals surface area contributed by atoms with E-state index in [0.29, 0.717) is 13.2 Å². The summed E-state index contributed by atoms with van der Waals surface area (Å²) in [7, 11) is 0. The van der Waals surface area contributed by atoms with Crippen molar-refractivity contribution in [2.75, 3.05) is 18.5 Å². The third kappa shape index (κ3) is 4.32. The molecule has 5 heteroatoms. The van der Waals surface area contributed by atoms with Crippen LogP contribution in [0.4, 0.5) is 5.69 Å². The molecule has 0 saturated carbocycles. The maximum atomic E-state index is 12.9. The van der Waals surface area contributed by atoms with Gasteiger partial charge in [-0.2, -0.15) is 0 Å². The Kier molecular flexibility index (Phi) is 5.54. The van der Waals surface area contributed by atoms with Crippen molar-refractivity contribution in [1.29, 1.82) is 0 Å². The van der Waals surface area contributed by atoms with Crippen molar-refractivity contribution in [1.82, 2.24) is 5.32 Å². The zero-order chi connectivity index (χ0) is 19.2. The average Bonchev–Trinajstić information content (AvgIpc) is 2.75. The van der Waals surface area contributed by atoms with E-state index >= 15 is 0 Å². The monoisotopic (exact) mass is 374 g/mol. The van der Waals surface area contributed by atoms with Crippen LogP contribution >= 0.6 is 0 Å². The number of anilines is 1. The molecule has 1 amide bonds. The Bertz CT molecular complexity index is 915. The van der Waals surface area contributed by atoms with Crippen molar-refractivity contribution in [3.05, 3.63) is 90.5 Å². The van der Waals surface area contributed by atoms with E-state index in [9.17, 15) is 4.79 Å². The SMILES string of the molecule is O=C(Nc1ccccc1)[C@@H](NC[C@H]1COc2ccccc2O1)c1ccccc1. The molecule has 3 aromatic rings. The fraction of sp³-hybridized carbons (Fsp3) is 0.174. The van der Waals surface area contributed by atoms with E-state index in [-0.39, 0.29) is 12.0 Å². The molecule has 0 spiro atoms. The highest BCUT2D eigenvalue weighted by atomic mass is 16.6. The number of hydrogen-bond acceptors (Lipinski definition) is 4. The molecule has 142 valence electrons. The molecule has 0 aromatic heterocycles. The van der Waals surface area contributed by atoms with Crippen molar-refractivity contribution >= 4 is 11.6 Å². The first-order valence-corrected chi connectivity index (χ1v) is 9.32. The third-order valence-electron chi connectivity index (χ3n) is 4.55. The lowest BCUT2D eigenvalue weighted by Crippen LogP contribution is -2.42. The van der Waals surface area contributed by atoms with Gasteiger partial charge < -0.3 is 14.8 Å². The molecule has 0 aliphatic carbocycles. The van der Waals surface area contributed by atoms with Crippen LogP contribution in [0.5, 0.6) is 11.5 Å². The van der Waals surface area contributed by atoms with Gasteiger partial charge in [0.05, 0.1) is 0 Å². The minimum Gasteiger partial charge on any atom is -0.486 e. The zero-order valence-electron chi connectivity index (χ0n) is 15.4. The number of amides is 1. The lowest BCUT2D eigenvalue weighted by atomic mass is 10.1. The minimum atomic E-state index is -0.498. The number of nitrogens with one attached hydrogen (secondary N) is 2. The van der Waals surface area contributed by atoms with Gasteiger partial charge >= 0.3 is 0 Å². The van der Waals surface area contributed by atoms with E-state index < -0.39 is 6.04 Å². The fourth-order valence-electron chi connectivity index (χ4n) is 3.16. The minimum absolute atomic E-state index is 0.116. The summed E-state index contributed by atoms with van der Waals surface area (Å²) in [5.74, 6) is 1.36. The largest absolute Gasteiger partial charge is 0.486 e. The summed E-state index contributed by atoms with van der Waals surface area (Å²) >= 11 is 0. The standard InChI is InChI=1S/C23H22N2O3/c26-23(25-18-11-5-2-6-12-18)22(17-9-3-1-4-10-17)24-15-19-16-27-20-13-7-8-14-21(20)28-19/h1-14,19,22,24H,15-16H2,(H,25,26)/t19-,22-/m0/s1. The van der Waals surface area contributed by atoms with Crippen LogP contribution in [0.2, 0.25) is 0 Å². The molecule has 1 aliphatic heterocycles. The summed E-state index contributed by atoms with van der Waals surface area (Å²) in [4.78, 5) is 12.9. The number of ether oxygens (including phenoxy) is 2. The van der Waals surface area contributed by atoms with Crippen LogP contribution in [0.1, 0.15) is 11.6 Å². The summed E-state index contributed by atoms with van der Waals surface area (Å²) in [6.07, 6.45) is -0.175. The van der Waals surface area contributed by atoms with Crippen LogP contribution in [0.3, 0.4) is 0 Å². The van der Waals surface area contributed by atoms with Crippen LogP contribution in [0, 0.1) is 0 Å². The van der Waals surface area contributed by atoms with Crippen molar-refractivity contribution in [3.8, 4) is 11.5 Å².